The van der Waals surface area contributed by atoms with E-state index < -0.39 is 18.1 Å². The molecule has 6 nitrogen and oxygen atoms in total. The first-order valence-corrected chi connectivity index (χ1v) is 11.9. The number of anilines is 1. The van der Waals surface area contributed by atoms with Gasteiger partial charge in [0.2, 0.25) is 5.91 Å². The highest BCUT2D eigenvalue weighted by atomic mass is 19.1. The fourth-order valence-corrected chi connectivity index (χ4v) is 4.36. The molecular formula is C28H33FN2O4. The van der Waals surface area contributed by atoms with Crippen molar-refractivity contribution in [3.8, 4) is 11.5 Å². The molecule has 4 N–H and O–H groups in total. The maximum absolute atomic E-state index is 13.2. The van der Waals surface area contributed by atoms with Crippen molar-refractivity contribution in [2.75, 3.05) is 12.0 Å². The maximum atomic E-state index is 13.2. The van der Waals surface area contributed by atoms with Crippen molar-refractivity contribution in [3.05, 3.63) is 89.2 Å². The summed E-state index contributed by atoms with van der Waals surface area (Å²) in [6.07, 6.45) is -0.0817. The van der Waals surface area contributed by atoms with Crippen molar-refractivity contribution < 1.29 is 24.1 Å². The minimum Gasteiger partial charge on any atom is -0.507 e. The lowest BCUT2D eigenvalue weighted by Crippen LogP contribution is -2.55. The topological polar surface area (TPSA) is 96.0 Å². The first-order chi connectivity index (χ1) is 16.9. The summed E-state index contributed by atoms with van der Waals surface area (Å²) in [5.41, 5.74) is 8.57. The van der Waals surface area contributed by atoms with E-state index in [9.17, 15) is 19.4 Å². The molecule has 35 heavy (non-hydrogen) atoms. The second kappa shape index (κ2) is 11.8. The number of methoxy groups -OCH3 is 1. The van der Waals surface area contributed by atoms with Crippen LogP contribution in [0.1, 0.15) is 55.5 Å². The van der Waals surface area contributed by atoms with Crippen LogP contribution in [0.2, 0.25) is 0 Å². The number of amides is 1. The van der Waals surface area contributed by atoms with Crippen molar-refractivity contribution in [1.82, 2.24) is 0 Å². The zero-order chi connectivity index (χ0) is 25.5. The molecule has 1 fully saturated rings. The molecule has 1 amide bonds. The van der Waals surface area contributed by atoms with Gasteiger partial charge in [0.1, 0.15) is 17.3 Å². The molecule has 0 aliphatic carbocycles. The number of ether oxygens (including phenoxy) is 1. The number of rotatable bonds is 8. The third-order valence-electron chi connectivity index (χ3n) is 6.23. The summed E-state index contributed by atoms with van der Waals surface area (Å²) in [6.45, 7) is 4.40. The molecule has 4 rings (SSSR count). The average Bonchev–Trinajstić information content (AvgIpc) is 2.89. The number of hydrogen-bond acceptors (Lipinski definition) is 5. The van der Waals surface area contributed by atoms with E-state index in [1.165, 1.54) is 25.3 Å². The van der Waals surface area contributed by atoms with E-state index in [2.05, 4.69) is 0 Å². The molecule has 3 unspecified atom stereocenters. The van der Waals surface area contributed by atoms with Crippen LogP contribution in [0.25, 0.3) is 0 Å². The van der Waals surface area contributed by atoms with E-state index in [4.69, 9.17) is 10.5 Å². The van der Waals surface area contributed by atoms with Crippen LogP contribution >= 0.6 is 0 Å². The van der Waals surface area contributed by atoms with Crippen molar-refractivity contribution in [1.29, 1.82) is 0 Å². The highest BCUT2D eigenvalue weighted by Gasteiger charge is 2.49. The van der Waals surface area contributed by atoms with Crippen LogP contribution in [0.3, 0.4) is 0 Å². The largest absolute Gasteiger partial charge is 0.507 e. The Morgan fingerprint density at radius 2 is 1.71 bits per heavy atom. The van der Waals surface area contributed by atoms with Gasteiger partial charge >= 0.3 is 0 Å². The summed E-state index contributed by atoms with van der Waals surface area (Å²) in [5.74, 6) is -0.314. The Bertz CT molecular complexity index is 1120. The summed E-state index contributed by atoms with van der Waals surface area (Å²) in [5, 5.41) is 21.2. The second-order valence-corrected chi connectivity index (χ2v) is 8.20. The summed E-state index contributed by atoms with van der Waals surface area (Å²) in [7, 11) is 1.52. The molecule has 1 saturated heterocycles. The number of hydrogen-bond donors (Lipinski definition) is 3. The van der Waals surface area contributed by atoms with Gasteiger partial charge in [-0.3, -0.25) is 4.79 Å². The molecule has 0 bridgehead atoms. The summed E-state index contributed by atoms with van der Waals surface area (Å²) in [4.78, 5) is 14.9. The van der Waals surface area contributed by atoms with Gasteiger partial charge in [0.05, 0.1) is 25.2 Å². The smallest absolute Gasteiger partial charge is 0.233 e. The van der Waals surface area contributed by atoms with Gasteiger partial charge in [-0.25, -0.2) is 4.39 Å². The van der Waals surface area contributed by atoms with Crippen LogP contribution in [0.4, 0.5) is 10.1 Å². The Hall–Kier alpha value is -3.42. The number of aromatic hydroxyl groups is 1. The normalized spacial score (nSPS) is 17.8. The zero-order valence-corrected chi connectivity index (χ0v) is 20.3. The number of phenolic OH excluding ortho intramolecular Hbond substituents is 1. The van der Waals surface area contributed by atoms with Crippen molar-refractivity contribution >= 4 is 11.6 Å². The van der Waals surface area contributed by atoms with Gasteiger partial charge in [0.15, 0.2) is 0 Å². The monoisotopic (exact) mass is 480 g/mol. The standard InChI is InChI=1S/C26H27FN2O4.C2H6/c1-33-20-10-11-21(24(31)14-20)25-22(12-13-23(30)17-4-6-18(27)7-5-17)26(32)29(25)19-8-2-16(15-28)3-9-19;1-2/h2-11,14,22-23,25,30-31H,12-13,15,28H2,1H3;1-2H3. The van der Waals surface area contributed by atoms with Gasteiger partial charge in [-0.15, -0.1) is 0 Å². The Balaban J connectivity index is 0.00000167. The van der Waals surface area contributed by atoms with E-state index in [0.29, 0.717) is 42.0 Å². The van der Waals surface area contributed by atoms with E-state index in [1.807, 2.05) is 38.1 Å². The molecule has 3 aromatic carbocycles. The number of carbonyl (C=O) groups is 1. The van der Waals surface area contributed by atoms with E-state index in [1.54, 1.807) is 29.2 Å². The van der Waals surface area contributed by atoms with Crippen LogP contribution in [0, 0.1) is 11.7 Å². The minimum atomic E-state index is -0.818. The van der Waals surface area contributed by atoms with Crippen molar-refractivity contribution in [2.24, 2.45) is 11.7 Å². The molecule has 7 heteroatoms. The van der Waals surface area contributed by atoms with Crippen molar-refractivity contribution in [3.63, 3.8) is 0 Å². The Kier molecular flexibility index (Phi) is 8.84. The molecule has 3 aromatic rings. The quantitative estimate of drug-likeness (QED) is 0.383. The van der Waals surface area contributed by atoms with Gasteiger partial charge < -0.3 is 25.6 Å². The molecular weight excluding hydrogens is 447 g/mol. The van der Waals surface area contributed by atoms with Gasteiger partial charge in [-0.2, -0.15) is 0 Å². The lowest BCUT2D eigenvalue weighted by Gasteiger charge is -2.48. The number of phenols is 1. The van der Waals surface area contributed by atoms with E-state index in [-0.39, 0.29) is 17.5 Å². The SMILES string of the molecule is CC.COc1ccc(C2C(CCC(O)c3ccc(F)cc3)C(=O)N2c2ccc(CN)cc2)c(O)c1. The van der Waals surface area contributed by atoms with Crippen LogP contribution < -0.4 is 15.4 Å². The first-order valence-electron chi connectivity index (χ1n) is 11.9. The zero-order valence-electron chi connectivity index (χ0n) is 20.3. The molecule has 0 saturated carbocycles. The number of benzene rings is 3. The van der Waals surface area contributed by atoms with Crippen LogP contribution in [-0.2, 0) is 11.3 Å². The predicted molar refractivity (Wildman–Crippen MR) is 135 cm³/mol. The lowest BCUT2D eigenvalue weighted by atomic mass is 9.78. The number of halogens is 1. The highest BCUT2D eigenvalue weighted by Crippen LogP contribution is 2.49. The summed E-state index contributed by atoms with van der Waals surface area (Å²) < 4.78 is 18.4. The third kappa shape index (κ3) is 5.63. The van der Waals surface area contributed by atoms with Gasteiger partial charge in [-0.05, 0) is 60.4 Å². The van der Waals surface area contributed by atoms with E-state index in [0.717, 1.165) is 5.56 Å². The number of nitrogens with two attached hydrogens (primary N) is 1. The number of aliphatic hydroxyl groups excluding tert-OH is 1. The molecule has 1 aliphatic heterocycles. The second-order valence-electron chi connectivity index (χ2n) is 8.20. The average molecular weight is 481 g/mol. The van der Waals surface area contributed by atoms with Crippen molar-refractivity contribution in [2.45, 2.75) is 45.4 Å². The van der Waals surface area contributed by atoms with Crippen LogP contribution in [-0.4, -0.2) is 23.2 Å². The molecule has 0 aromatic heterocycles. The number of β-lactam (4-membered cyclic amide) rings is 1. The van der Waals surface area contributed by atoms with Gasteiger partial charge in [-0.1, -0.05) is 38.1 Å². The molecule has 3 atom stereocenters. The summed E-state index contributed by atoms with van der Waals surface area (Å²) in [6, 6.07) is 17.8. The summed E-state index contributed by atoms with van der Waals surface area (Å²) >= 11 is 0. The first kappa shape index (κ1) is 26.2. The Morgan fingerprint density at radius 3 is 2.29 bits per heavy atom. The van der Waals surface area contributed by atoms with Crippen LogP contribution in [0.15, 0.2) is 66.7 Å². The van der Waals surface area contributed by atoms with Gasteiger partial charge in [0.25, 0.3) is 0 Å². The van der Waals surface area contributed by atoms with E-state index >= 15 is 0 Å². The molecule has 186 valence electrons. The Labute approximate surface area is 205 Å². The Morgan fingerprint density at radius 1 is 1.06 bits per heavy atom. The predicted octanol–water partition coefficient (Wildman–Crippen LogP) is 5.24. The third-order valence-corrected chi connectivity index (χ3v) is 6.23. The molecule has 1 aliphatic rings. The number of carbonyl (C=O) groups excluding carboxylic acids is 1. The highest BCUT2D eigenvalue weighted by molar-refractivity contribution is 6.03. The molecule has 0 spiro atoms. The number of aliphatic hydroxyl groups is 1. The fourth-order valence-electron chi connectivity index (χ4n) is 4.36. The maximum Gasteiger partial charge on any atom is 0.233 e. The number of nitrogens with zero attached hydrogens (tertiary/aromatic N) is 1. The lowest BCUT2D eigenvalue weighted by molar-refractivity contribution is -0.131. The molecule has 1 heterocycles. The van der Waals surface area contributed by atoms with Gasteiger partial charge in [0, 0.05) is 23.9 Å². The fraction of sp³-hybridized carbons (Fsp3) is 0.321. The molecule has 0 radical (unpaired) electrons. The minimum absolute atomic E-state index is 0.0412. The van der Waals surface area contributed by atoms with Crippen LogP contribution in [0.5, 0.6) is 11.5 Å².